The van der Waals surface area contributed by atoms with E-state index in [1.54, 1.807) is 22.7 Å². The summed E-state index contributed by atoms with van der Waals surface area (Å²) >= 11 is 3.43. The van der Waals surface area contributed by atoms with E-state index in [1.807, 2.05) is 45.8 Å². The van der Waals surface area contributed by atoms with Crippen molar-refractivity contribution in [2.75, 3.05) is 0 Å². The Bertz CT molecular complexity index is 388. The zero-order valence-corrected chi connectivity index (χ0v) is 14.7. The quantitative estimate of drug-likeness (QED) is 0.622. The third kappa shape index (κ3) is 20.3. The van der Waals surface area contributed by atoms with Crippen molar-refractivity contribution in [3.05, 3.63) is 45.8 Å². The molecule has 6 heteroatoms. The van der Waals surface area contributed by atoms with Gasteiger partial charge in [0.15, 0.2) is 0 Å². The van der Waals surface area contributed by atoms with Crippen molar-refractivity contribution in [2.24, 2.45) is 0 Å². The first kappa shape index (κ1) is 21.3. The van der Waals surface area contributed by atoms with E-state index in [9.17, 15) is 9.59 Å². The van der Waals surface area contributed by atoms with Gasteiger partial charge in [0, 0.05) is 12.8 Å². The summed E-state index contributed by atoms with van der Waals surface area (Å²) in [6.45, 7) is 0. The van der Waals surface area contributed by atoms with Crippen LogP contribution < -0.4 is 0 Å². The fraction of sp³-hybridized carbons (Fsp3) is 0.412. The van der Waals surface area contributed by atoms with Crippen molar-refractivity contribution in [3.63, 3.8) is 0 Å². The van der Waals surface area contributed by atoms with Crippen molar-refractivity contribution >= 4 is 34.6 Å². The molecule has 0 fully saturated rings. The maximum absolute atomic E-state index is 10.1. The Labute approximate surface area is 145 Å². The number of thiophene rings is 2. The molecule has 0 atom stereocenters. The number of aliphatic carboxylic acids is 2. The molecule has 0 aliphatic heterocycles. The minimum atomic E-state index is -0.759. The lowest BCUT2D eigenvalue weighted by Gasteiger charge is -1.97. The Morgan fingerprint density at radius 1 is 0.609 bits per heavy atom. The van der Waals surface area contributed by atoms with Crippen molar-refractivity contribution in [3.8, 4) is 0 Å². The first-order chi connectivity index (χ1) is 11.1. The molecule has 2 heterocycles. The van der Waals surface area contributed by atoms with Crippen LogP contribution in [-0.2, 0) is 9.59 Å². The number of carboxylic acid groups (broad SMARTS) is 2. The van der Waals surface area contributed by atoms with Gasteiger partial charge in [-0.05, 0) is 34.4 Å². The molecule has 0 amide bonds. The van der Waals surface area contributed by atoms with E-state index < -0.39 is 11.9 Å². The van der Waals surface area contributed by atoms with E-state index in [0.717, 1.165) is 19.3 Å². The van der Waals surface area contributed by atoms with Crippen LogP contribution in [0.25, 0.3) is 0 Å². The molecule has 2 aromatic heterocycles. The molecule has 0 aromatic carbocycles. The monoisotopic (exact) mass is 356 g/mol. The maximum atomic E-state index is 10.1. The van der Waals surface area contributed by atoms with Gasteiger partial charge in [-0.1, -0.05) is 43.5 Å². The lowest BCUT2D eigenvalue weighted by atomic mass is 10.1. The van der Waals surface area contributed by atoms with Crippen LogP contribution in [0.5, 0.6) is 0 Å². The number of carbonyl (C=O) groups is 2. The standard InChI is InChI=1S/C9H16O4.2C4H4S/c10-8(11)6-4-2-1-3-5-7-9(12)13;2*1-2-4-5-3-1/h1-7H2,(H,10,11)(H,12,13);2*1-4H. The molecule has 23 heavy (non-hydrogen) atoms. The zero-order valence-electron chi connectivity index (χ0n) is 13.1. The average molecular weight is 357 g/mol. The first-order valence-electron chi connectivity index (χ1n) is 7.51. The molecule has 0 saturated heterocycles. The second-order valence-electron chi connectivity index (χ2n) is 4.64. The normalized spacial score (nSPS) is 9.04. The predicted molar refractivity (Wildman–Crippen MR) is 96.2 cm³/mol. The van der Waals surface area contributed by atoms with Crippen LogP contribution in [0.3, 0.4) is 0 Å². The lowest BCUT2D eigenvalue weighted by Crippen LogP contribution is -1.95. The molecule has 0 aliphatic rings. The highest BCUT2D eigenvalue weighted by Gasteiger charge is 1.98. The topological polar surface area (TPSA) is 74.6 Å². The van der Waals surface area contributed by atoms with Crippen LogP contribution in [0.1, 0.15) is 44.9 Å². The van der Waals surface area contributed by atoms with E-state index in [-0.39, 0.29) is 12.8 Å². The summed E-state index contributed by atoms with van der Waals surface area (Å²) in [5.41, 5.74) is 0. The summed E-state index contributed by atoms with van der Waals surface area (Å²) in [5, 5.41) is 24.8. The van der Waals surface area contributed by atoms with Gasteiger partial charge in [-0.15, -0.1) is 0 Å². The van der Waals surface area contributed by atoms with Crippen LogP contribution >= 0.6 is 22.7 Å². The SMILES string of the molecule is O=C(O)CCCCCCCC(=O)O.c1ccsc1.c1ccsc1. The van der Waals surface area contributed by atoms with E-state index in [1.165, 1.54) is 0 Å². The van der Waals surface area contributed by atoms with Gasteiger partial charge in [0.1, 0.15) is 0 Å². The average Bonchev–Trinajstić information content (AvgIpc) is 3.23. The molecular weight excluding hydrogens is 332 g/mol. The van der Waals surface area contributed by atoms with Crippen LogP contribution in [0.2, 0.25) is 0 Å². The van der Waals surface area contributed by atoms with Gasteiger partial charge in [-0.2, -0.15) is 22.7 Å². The highest BCUT2D eigenvalue weighted by atomic mass is 32.1. The molecule has 128 valence electrons. The predicted octanol–water partition coefficient (Wildman–Crippen LogP) is 5.38. The van der Waals surface area contributed by atoms with E-state index in [0.29, 0.717) is 12.8 Å². The highest BCUT2D eigenvalue weighted by Crippen LogP contribution is 2.06. The summed E-state index contributed by atoms with van der Waals surface area (Å²) in [6.07, 6.45) is 4.53. The van der Waals surface area contributed by atoms with Gasteiger partial charge < -0.3 is 10.2 Å². The Morgan fingerprint density at radius 2 is 0.913 bits per heavy atom. The van der Waals surface area contributed by atoms with Gasteiger partial charge in [0.05, 0.1) is 0 Å². The molecule has 0 aliphatic carbocycles. The minimum Gasteiger partial charge on any atom is -0.481 e. The molecule has 2 aromatic rings. The van der Waals surface area contributed by atoms with E-state index >= 15 is 0 Å². The van der Waals surface area contributed by atoms with Gasteiger partial charge in [0.2, 0.25) is 0 Å². The molecule has 0 spiro atoms. The number of hydrogen-bond donors (Lipinski definition) is 2. The molecule has 2 N–H and O–H groups in total. The van der Waals surface area contributed by atoms with Crippen LogP contribution in [0.15, 0.2) is 45.8 Å². The second-order valence-corrected chi connectivity index (χ2v) is 6.27. The Hall–Kier alpha value is -1.66. The third-order valence-corrected chi connectivity index (χ3v) is 3.89. The van der Waals surface area contributed by atoms with E-state index in [4.69, 9.17) is 10.2 Å². The highest BCUT2D eigenvalue weighted by molar-refractivity contribution is 7.08. The summed E-state index contributed by atoms with van der Waals surface area (Å²) in [4.78, 5) is 20.2. The summed E-state index contributed by atoms with van der Waals surface area (Å²) in [7, 11) is 0. The van der Waals surface area contributed by atoms with Gasteiger partial charge in [-0.25, -0.2) is 0 Å². The van der Waals surface area contributed by atoms with E-state index in [2.05, 4.69) is 0 Å². The molecular formula is C17H24O4S2. The third-order valence-electron chi connectivity index (χ3n) is 2.63. The Morgan fingerprint density at radius 3 is 1.13 bits per heavy atom. The second kappa shape index (κ2) is 16.7. The number of carboxylic acids is 2. The fourth-order valence-electron chi connectivity index (χ4n) is 1.54. The number of unbranched alkanes of at least 4 members (excludes halogenated alkanes) is 4. The smallest absolute Gasteiger partial charge is 0.303 e. The van der Waals surface area contributed by atoms with Crippen molar-refractivity contribution in [2.45, 2.75) is 44.9 Å². The fourth-order valence-corrected chi connectivity index (χ4v) is 2.44. The largest absolute Gasteiger partial charge is 0.481 e. The Balaban J connectivity index is 0.000000386. The maximum Gasteiger partial charge on any atom is 0.303 e. The van der Waals surface area contributed by atoms with Crippen LogP contribution in [0.4, 0.5) is 0 Å². The molecule has 2 rings (SSSR count). The van der Waals surface area contributed by atoms with Gasteiger partial charge in [0.25, 0.3) is 0 Å². The summed E-state index contributed by atoms with van der Waals surface area (Å²) in [5.74, 6) is -1.52. The molecule has 0 radical (unpaired) electrons. The Kier molecular flexibility index (Phi) is 15.5. The van der Waals surface area contributed by atoms with Crippen LogP contribution in [0, 0.1) is 0 Å². The minimum absolute atomic E-state index is 0.221. The summed E-state index contributed by atoms with van der Waals surface area (Å²) in [6, 6.07) is 8.07. The van der Waals surface area contributed by atoms with Gasteiger partial charge in [-0.3, -0.25) is 9.59 Å². The first-order valence-corrected chi connectivity index (χ1v) is 9.39. The summed E-state index contributed by atoms with van der Waals surface area (Å²) < 4.78 is 0. The van der Waals surface area contributed by atoms with Crippen molar-refractivity contribution in [1.29, 1.82) is 0 Å². The molecule has 0 bridgehead atoms. The molecule has 0 saturated carbocycles. The number of rotatable bonds is 8. The molecule has 0 unspecified atom stereocenters. The van der Waals surface area contributed by atoms with Gasteiger partial charge >= 0.3 is 11.9 Å². The lowest BCUT2D eigenvalue weighted by molar-refractivity contribution is -0.138. The van der Waals surface area contributed by atoms with Crippen molar-refractivity contribution in [1.82, 2.24) is 0 Å². The van der Waals surface area contributed by atoms with Crippen molar-refractivity contribution < 1.29 is 19.8 Å². The zero-order chi connectivity index (χ0) is 17.2. The molecule has 4 nitrogen and oxygen atoms in total. The van der Waals surface area contributed by atoms with Crippen LogP contribution in [-0.4, -0.2) is 22.2 Å². The number of hydrogen-bond acceptors (Lipinski definition) is 4.